The molecule has 0 atom stereocenters. The van der Waals surface area contributed by atoms with Gasteiger partial charge in [0.1, 0.15) is 0 Å². The lowest BCUT2D eigenvalue weighted by molar-refractivity contribution is -0.308. The molecule has 0 aromatic carbocycles. The monoisotopic (exact) mass is 288 g/mol. The molecule has 0 aliphatic carbocycles. The Labute approximate surface area is 109 Å². The molecule has 0 spiro atoms. The first-order valence-electron chi connectivity index (χ1n) is 8.03. The van der Waals surface area contributed by atoms with Crippen LogP contribution in [0.3, 0.4) is 0 Å². The van der Waals surface area contributed by atoms with E-state index in [2.05, 4.69) is 4.74 Å². The second-order valence-electron chi connectivity index (χ2n) is 2.78. The fourth-order valence-corrected chi connectivity index (χ4v) is 0.791. The first-order chi connectivity index (χ1) is 11.1. The Balaban J connectivity index is 3.42. The van der Waals surface area contributed by atoms with Gasteiger partial charge in [-0.15, -0.1) is 0 Å². The van der Waals surface area contributed by atoms with E-state index in [0.717, 1.165) is 0 Å². The van der Waals surface area contributed by atoms with Gasteiger partial charge in [0.05, 0.1) is 5.48 Å². The molecule has 0 saturated carbocycles. The van der Waals surface area contributed by atoms with Gasteiger partial charge < -0.3 is 15.0 Å². The summed E-state index contributed by atoms with van der Waals surface area (Å²) in [6.45, 7) is -15.1. The number of amides is 1. The van der Waals surface area contributed by atoms with Crippen LogP contribution in [-0.4, -0.2) is 55.4 Å². The molecule has 0 bridgehead atoms. The Hall–Kier alpha value is -1.19. The molecule has 1 saturated heterocycles. The number of halogens is 6. The van der Waals surface area contributed by atoms with E-state index in [1.807, 2.05) is 0 Å². The minimum absolute atomic E-state index is 1.11. The predicted octanol–water partition coefficient (Wildman–Crippen LogP) is 1.52. The fourth-order valence-electron chi connectivity index (χ4n) is 0.791. The van der Waals surface area contributed by atoms with E-state index in [0.29, 0.717) is 0 Å². The Morgan fingerprint density at radius 1 is 1.17 bits per heavy atom. The zero-order chi connectivity index (χ0) is 21.1. The number of piperazine rings is 1. The Bertz CT molecular complexity index is 540. The fraction of sp³-hybridized carbons (Fsp3) is 0.875. The predicted molar refractivity (Wildman–Crippen MR) is 46.8 cm³/mol. The maximum absolute atomic E-state index is 12.5. The van der Waals surface area contributed by atoms with E-state index in [-0.39, 0.29) is 0 Å². The summed E-state index contributed by atoms with van der Waals surface area (Å²) in [5, 5.41) is 1.23. The van der Waals surface area contributed by atoms with Crippen molar-refractivity contribution in [3.63, 3.8) is 0 Å². The van der Waals surface area contributed by atoms with Crippen molar-refractivity contribution in [1.82, 2.24) is 10.2 Å². The summed E-state index contributed by atoms with van der Waals surface area (Å²) in [6.07, 6.45) is -20.0. The molecule has 106 valence electrons. The van der Waals surface area contributed by atoms with Crippen LogP contribution in [0.5, 0.6) is 0 Å². The van der Waals surface area contributed by atoms with Crippen LogP contribution in [0.15, 0.2) is 0 Å². The third-order valence-corrected chi connectivity index (χ3v) is 1.46. The average molecular weight is 288 g/mol. The standard InChI is InChI=1S/C8H10F6N2O2/c9-7(10,11)5(8(12,13)14)18-6(17)16-3-1-15-2-4-16/h5,15H,1-4H2/i1D2,2D2,3D2,4D2. The lowest BCUT2D eigenvalue weighted by atomic mass is 10.3. The summed E-state index contributed by atoms with van der Waals surface area (Å²) in [4.78, 5) is 10.7. The highest BCUT2D eigenvalue weighted by molar-refractivity contribution is 5.68. The second kappa shape index (κ2) is 5.21. The number of hydrogen-bond donors (Lipinski definition) is 1. The van der Waals surface area contributed by atoms with E-state index in [9.17, 15) is 31.1 Å². The number of nitrogens with zero attached hydrogens (tertiary/aromatic N) is 1. The van der Waals surface area contributed by atoms with Crippen LogP contribution in [-0.2, 0) is 4.74 Å². The smallest absolute Gasteiger partial charge is 0.426 e. The zero-order valence-electron chi connectivity index (χ0n) is 16.1. The van der Waals surface area contributed by atoms with Gasteiger partial charge >= 0.3 is 18.4 Å². The Kier molecular flexibility index (Phi) is 1.97. The van der Waals surface area contributed by atoms with Gasteiger partial charge in [-0.05, 0) is 0 Å². The van der Waals surface area contributed by atoms with Gasteiger partial charge in [-0.2, -0.15) is 26.3 Å². The second-order valence-corrected chi connectivity index (χ2v) is 2.78. The van der Waals surface area contributed by atoms with Gasteiger partial charge in [0.25, 0.3) is 6.10 Å². The summed E-state index contributed by atoms with van der Waals surface area (Å²) in [7, 11) is 0. The minimum Gasteiger partial charge on any atom is -0.426 e. The van der Waals surface area contributed by atoms with E-state index < -0.39 is 55.4 Å². The molecule has 1 rings (SSSR count). The Morgan fingerprint density at radius 2 is 1.61 bits per heavy atom. The summed E-state index contributed by atoms with van der Waals surface area (Å²) >= 11 is 0. The molecule has 0 aromatic heterocycles. The highest BCUT2D eigenvalue weighted by atomic mass is 19.4. The number of nitrogens with one attached hydrogen (secondary N) is 1. The number of carbonyl (C=O) groups is 1. The maximum atomic E-state index is 12.5. The molecule has 18 heavy (non-hydrogen) atoms. The summed E-state index contributed by atoms with van der Waals surface area (Å²) < 4.78 is 137. The van der Waals surface area contributed by atoms with Gasteiger partial charge in [-0.1, -0.05) is 0 Å². The number of hydrogen-bond acceptors (Lipinski definition) is 3. The minimum atomic E-state index is -6.20. The van der Waals surface area contributed by atoms with Gasteiger partial charge in [0, 0.05) is 31.5 Å². The summed E-state index contributed by atoms with van der Waals surface area (Å²) in [6, 6.07) is 0. The average Bonchev–Trinajstić information content (AvgIpc) is 2.29. The maximum Gasteiger partial charge on any atom is 0.434 e. The van der Waals surface area contributed by atoms with Crippen molar-refractivity contribution in [1.29, 1.82) is 0 Å². The number of alkyl halides is 6. The SMILES string of the molecule is [2H]C1([2H])NC([2H])([2H])C([2H])([2H])N(C(=O)OC(C(F)(F)F)C(F)(F)F)C1([2H])[2H]. The molecular formula is C8H10F6N2O2. The number of carbonyl (C=O) groups excluding carboxylic acids is 1. The van der Waals surface area contributed by atoms with Crippen molar-refractivity contribution in [2.24, 2.45) is 0 Å². The molecule has 10 heteroatoms. The molecule has 1 amide bonds. The number of rotatable bonds is 1. The quantitative estimate of drug-likeness (QED) is 0.744. The van der Waals surface area contributed by atoms with Crippen LogP contribution in [0, 0.1) is 0 Å². The normalized spacial score (nSPS) is 35.8. The molecule has 0 aromatic rings. The first-order valence-corrected chi connectivity index (χ1v) is 4.03. The lowest BCUT2D eigenvalue weighted by Crippen LogP contribution is -2.51. The van der Waals surface area contributed by atoms with Gasteiger partial charge in [-0.3, -0.25) is 0 Å². The van der Waals surface area contributed by atoms with Gasteiger partial charge in [0.15, 0.2) is 0 Å². The summed E-state index contributed by atoms with van der Waals surface area (Å²) in [5.74, 6) is 0. The van der Waals surface area contributed by atoms with Gasteiger partial charge in [-0.25, -0.2) is 4.79 Å². The van der Waals surface area contributed by atoms with Crippen molar-refractivity contribution in [2.45, 2.75) is 18.5 Å². The number of ether oxygens (including phenoxy) is 1. The van der Waals surface area contributed by atoms with E-state index in [1.165, 1.54) is 5.32 Å². The zero-order valence-corrected chi connectivity index (χ0v) is 8.11. The van der Waals surface area contributed by atoms with Crippen molar-refractivity contribution >= 4 is 6.09 Å². The van der Waals surface area contributed by atoms with Gasteiger partial charge in [0.2, 0.25) is 0 Å². The Morgan fingerprint density at radius 3 is 2.00 bits per heavy atom. The molecule has 0 radical (unpaired) electrons. The van der Waals surface area contributed by atoms with Crippen molar-refractivity contribution in [2.75, 3.05) is 26.0 Å². The highest BCUT2D eigenvalue weighted by Gasteiger charge is 2.60. The van der Waals surface area contributed by atoms with Crippen LogP contribution in [0.25, 0.3) is 0 Å². The van der Waals surface area contributed by atoms with E-state index >= 15 is 0 Å². The van der Waals surface area contributed by atoms with E-state index in [1.54, 1.807) is 0 Å². The van der Waals surface area contributed by atoms with Crippen molar-refractivity contribution in [3.8, 4) is 0 Å². The first kappa shape index (κ1) is 6.83. The largest absolute Gasteiger partial charge is 0.434 e. The molecular weight excluding hydrogens is 270 g/mol. The van der Waals surface area contributed by atoms with Crippen LogP contribution in [0.4, 0.5) is 31.1 Å². The van der Waals surface area contributed by atoms with Crippen LogP contribution < -0.4 is 5.32 Å². The topological polar surface area (TPSA) is 41.6 Å². The third kappa shape index (κ3) is 3.93. The molecule has 0 unspecified atom stereocenters. The van der Waals surface area contributed by atoms with Crippen LogP contribution in [0.1, 0.15) is 11.0 Å². The van der Waals surface area contributed by atoms with Crippen LogP contribution in [0.2, 0.25) is 0 Å². The molecule has 1 fully saturated rings. The third-order valence-electron chi connectivity index (χ3n) is 1.46. The molecule has 1 aliphatic rings. The summed E-state index contributed by atoms with van der Waals surface area (Å²) in [5.41, 5.74) is 0. The molecule has 4 nitrogen and oxygen atoms in total. The molecule has 1 heterocycles. The van der Waals surface area contributed by atoms with Crippen molar-refractivity contribution < 1.29 is 46.8 Å². The lowest BCUT2D eigenvalue weighted by Gasteiger charge is -2.30. The molecule has 1 N–H and O–H groups in total. The molecule has 1 aliphatic heterocycles. The van der Waals surface area contributed by atoms with E-state index in [4.69, 9.17) is 11.0 Å². The van der Waals surface area contributed by atoms with Crippen LogP contribution >= 0.6 is 0 Å². The highest BCUT2D eigenvalue weighted by Crippen LogP contribution is 2.35. The van der Waals surface area contributed by atoms with Crippen molar-refractivity contribution in [3.05, 3.63) is 0 Å².